The Bertz CT molecular complexity index is 1210. The summed E-state index contributed by atoms with van der Waals surface area (Å²) in [6.45, 7) is 3.73. The van der Waals surface area contributed by atoms with Crippen LogP contribution in [0, 0.1) is 19.7 Å². The lowest BCUT2D eigenvalue weighted by Gasteiger charge is -2.23. The number of likely N-dealkylation sites (tertiary alicyclic amines) is 1. The maximum atomic E-state index is 13.3. The Morgan fingerprint density at radius 3 is 2.50 bits per heavy atom. The molecule has 1 atom stereocenters. The number of methoxy groups -OCH3 is 1. The number of hydrogen-bond donors (Lipinski definition) is 1. The van der Waals surface area contributed by atoms with E-state index in [9.17, 15) is 19.1 Å². The molecule has 2 heterocycles. The van der Waals surface area contributed by atoms with Crippen LogP contribution in [0.3, 0.4) is 0 Å². The van der Waals surface area contributed by atoms with Gasteiger partial charge >= 0.3 is 0 Å². The Balaban J connectivity index is 1.88. The predicted molar refractivity (Wildman–Crippen MR) is 115 cm³/mol. The Morgan fingerprint density at radius 2 is 1.88 bits per heavy atom. The van der Waals surface area contributed by atoms with E-state index in [1.165, 1.54) is 30.4 Å². The molecular formula is C25H22FNO5. The van der Waals surface area contributed by atoms with Crippen LogP contribution in [-0.4, -0.2) is 28.8 Å². The number of halogens is 1. The third-order valence-electron chi connectivity index (χ3n) is 5.50. The summed E-state index contributed by atoms with van der Waals surface area (Å²) in [5.74, 6) is -1.60. The van der Waals surface area contributed by atoms with E-state index in [-0.39, 0.29) is 17.9 Å². The van der Waals surface area contributed by atoms with Gasteiger partial charge in [-0.25, -0.2) is 4.39 Å². The zero-order valence-corrected chi connectivity index (χ0v) is 17.9. The SMILES string of the molecule is COc1c(C)cc(C)cc1/C(O)=C1/C(=O)C(=O)N(Cc2ccc(F)cc2)C1c1ccco1. The van der Waals surface area contributed by atoms with Crippen molar-refractivity contribution in [2.45, 2.75) is 26.4 Å². The van der Waals surface area contributed by atoms with Gasteiger partial charge in [-0.15, -0.1) is 0 Å². The molecule has 0 spiro atoms. The van der Waals surface area contributed by atoms with Crippen molar-refractivity contribution >= 4 is 17.4 Å². The summed E-state index contributed by atoms with van der Waals surface area (Å²) in [6, 6.07) is 11.6. The maximum Gasteiger partial charge on any atom is 0.296 e. The third kappa shape index (κ3) is 3.66. The highest BCUT2D eigenvalue weighted by Crippen LogP contribution is 2.42. The van der Waals surface area contributed by atoms with E-state index in [0.29, 0.717) is 22.6 Å². The summed E-state index contributed by atoms with van der Waals surface area (Å²) < 4.78 is 24.3. The number of nitrogens with zero attached hydrogens (tertiary/aromatic N) is 1. The molecule has 3 aromatic rings. The van der Waals surface area contributed by atoms with Gasteiger partial charge in [-0.3, -0.25) is 9.59 Å². The molecule has 1 fully saturated rings. The molecule has 6 nitrogen and oxygen atoms in total. The fraction of sp³-hybridized carbons (Fsp3) is 0.200. The van der Waals surface area contributed by atoms with Gasteiger partial charge in [-0.2, -0.15) is 0 Å². The van der Waals surface area contributed by atoms with Crippen LogP contribution in [0.4, 0.5) is 4.39 Å². The molecule has 0 radical (unpaired) electrons. The average molecular weight is 435 g/mol. The number of ether oxygens (including phenoxy) is 1. The molecule has 0 saturated carbocycles. The minimum absolute atomic E-state index is 0.0387. The molecule has 4 rings (SSSR count). The molecule has 1 saturated heterocycles. The molecular weight excluding hydrogens is 413 g/mol. The first kappa shape index (κ1) is 21.4. The third-order valence-corrected chi connectivity index (χ3v) is 5.50. The van der Waals surface area contributed by atoms with E-state index in [1.807, 2.05) is 19.9 Å². The van der Waals surface area contributed by atoms with E-state index in [0.717, 1.165) is 11.1 Å². The predicted octanol–water partition coefficient (Wildman–Crippen LogP) is 4.67. The van der Waals surface area contributed by atoms with Crippen LogP contribution in [-0.2, 0) is 16.1 Å². The Hall–Kier alpha value is -3.87. The number of carbonyl (C=O) groups is 2. The van der Waals surface area contributed by atoms with Crippen molar-refractivity contribution < 1.29 is 28.2 Å². The van der Waals surface area contributed by atoms with Crippen molar-refractivity contribution in [1.82, 2.24) is 4.90 Å². The van der Waals surface area contributed by atoms with Gasteiger partial charge in [0.15, 0.2) is 0 Å². The van der Waals surface area contributed by atoms with Crippen LogP contribution < -0.4 is 4.74 Å². The second-order valence-electron chi connectivity index (χ2n) is 7.73. The molecule has 164 valence electrons. The molecule has 0 aliphatic carbocycles. The number of ketones is 1. The number of aliphatic hydroxyl groups excluding tert-OH is 1. The van der Waals surface area contributed by atoms with Crippen LogP contribution in [0.1, 0.15) is 34.1 Å². The lowest BCUT2D eigenvalue weighted by Crippen LogP contribution is -2.29. The summed E-state index contributed by atoms with van der Waals surface area (Å²) in [5, 5.41) is 11.3. The summed E-state index contributed by atoms with van der Waals surface area (Å²) >= 11 is 0. The van der Waals surface area contributed by atoms with Gasteiger partial charge in [-0.1, -0.05) is 18.2 Å². The molecule has 1 amide bonds. The highest BCUT2D eigenvalue weighted by Gasteiger charge is 2.47. The number of aliphatic hydroxyl groups is 1. The highest BCUT2D eigenvalue weighted by molar-refractivity contribution is 6.46. The highest BCUT2D eigenvalue weighted by atomic mass is 19.1. The van der Waals surface area contributed by atoms with Crippen molar-refractivity contribution in [2.24, 2.45) is 0 Å². The zero-order chi connectivity index (χ0) is 23.0. The van der Waals surface area contributed by atoms with Crippen LogP contribution in [0.25, 0.3) is 5.76 Å². The van der Waals surface area contributed by atoms with Gasteiger partial charge in [0.2, 0.25) is 0 Å². The quantitative estimate of drug-likeness (QED) is 0.358. The van der Waals surface area contributed by atoms with Crippen LogP contribution in [0.5, 0.6) is 5.75 Å². The first-order valence-electron chi connectivity index (χ1n) is 10.0. The molecule has 1 aliphatic rings. The van der Waals surface area contributed by atoms with Crippen LogP contribution in [0.2, 0.25) is 0 Å². The number of rotatable bonds is 5. The second kappa shape index (κ2) is 8.34. The smallest absolute Gasteiger partial charge is 0.296 e. The summed E-state index contributed by atoms with van der Waals surface area (Å²) in [7, 11) is 1.48. The van der Waals surface area contributed by atoms with Crippen molar-refractivity contribution in [3.05, 3.63) is 94.2 Å². The van der Waals surface area contributed by atoms with Crippen molar-refractivity contribution in [2.75, 3.05) is 7.11 Å². The molecule has 1 aromatic heterocycles. The zero-order valence-electron chi connectivity index (χ0n) is 17.9. The standard InChI is InChI=1S/C25H22FNO5/c1-14-11-15(2)24(31-3)18(12-14)22(28)20-21(19-5-4-10-32-19)27(25(30)23(20)29)13-16-6-8-17(26)9-7-16/h4-12,21,28H,13H2,1-3H3/b22-20-. The number of benzene rings is 2. The minimum atomic E-state index is -0.944. The van der Waals surface area contributed by atoms with E-state index in [1.54, 1.807) is 30.3 Å². The number of furan rings is 1. The molecule has 2 aromatic carbocycles. The van der Waals surface area contributed by atoms with Crippen molar-refractivity contribution in [3.63, 3.8) is 0 Å². The number of Topliss-reactive ketones (excluding diaryl/α,β-unsaturated/α-hetero) is 1. The summed E-state index contributed by atoms with van der Waals surface area (Å²) in [5.41, 5.74) is 2.51. The Kier molecular flexibility index (Phi) is 5.57. The van der Waals surface area contributed by atoms with Gasteiger partial charge < -0.3 is 19.2 Å². The number of amides is 1. The lowest BCUT2D eigenvalue weighted by molar-refractivity contribution is -0.140. The largest absolute Gasteiger partial charge is 0.507 e. The van der Waals surface area contributed by atoms with Crippen LogP contribution in [0.15, 0.2) is 64.8 Å². The first-order valence-corrected chi connectivity index (χ1v) is 10.0. The fourth-order valence-electron chi connectivity index (χ4n) is 4.12. The van der Waals surface area contributed by atoms with Crippen LogP contribution >= 0.6 is 0 Å². The minimum Gasteiger partial charge on any atom is -0.507 e. The van der Waals surface area contributed by atoms with E-state index < -0.39 is 23.5 Å². The van der Waals surface area contributed by atoms with E-state index in [2.05, 4.69) is 0 Å². The Labute approximate surface area is 184 Å². The van der Waals surface area contributed by atoms with Gasteiger partial charge in [0.25, 0.3) is 11.7 Å². The monoisotopic (exact) mass is 435 g/mol. The summed E-state index contributed by atoms with van der Waals surface area (Å²) in [6.07, 6.45) is 1.44. The maximum absolute atomic E-state index is 13.3. The lowest BCUT2D eigenvalue weighted by atomic mass is 9.96. The number of carbonyl (C=O) groups excluding carboxylic acids is 2. The van der Waals surface area contributed by atoms with Crippen molar-refractivity contribution in [1.29, 1.82) is 0 Å². The summed E-state index contributed by atoms with van der Waals surface area (Å²) in [4.78, 5) is 27.4. The number of aryl methyl sites for hydroxylation is 2. The normalized spacial score (nSPS) is 17.8. The Morgan fingerprint density at radius 1 is 1.16 bits per heavy atom. The van der Waals surface area contributed by atoms with Gasteiger partial charge in [-0.05, 0) is 60.9 Å². The van der Waals surface area contributed by atoms with Crippen molar-refractivity contribution in [3.8, 4) is 5.75 Å². The van der Waals surface area contributed by atoms with E-state index >= 15 is 0 Å². The molecule has 32 heavy (non-hydrogen) atoms. The second-order valence-corrected chi connectivity index (χ2v) is 7.73. The van der Waals surface area contributed by atoms with Gasteiger partial charge in [0, 0.05) is 6.54 Å². The van der Waals surface area contributed by atoms with Gasteiger partial charge in [0.1, 0.15) is 29.1 Å². The van der Waals surface area contributed by atoms with Gasteiger partial charge in [0.05, 0.1) is 24.5 Å². The topological polar surface area (TPSA) is 80.0 Å². The molecule has 1 unspecified atom stereocenters. The fourth-order valence-corrected chi connectivity index (χ4v) is 4.12. The molecule has 0 bridgehead atoms. The average Bonchev–Trinajstić information content (AvgIpc) is 3.37. The number of hydrogen-bond acceptors (Lipinski definition) is 5. The molecule has 1 N–H and O–H groups in total. The molecule has 7 heteroatoms. The first-order chi connectivity index (χ1) is 15.3. The molecule has 1 aliphatic heterocycles. The van der Waals surface area contributed by atoms with E-state index in [4.69, 9.17) is 9.15 Å².